The van der Waals surface area contributed by atoms with Gasteiger partial charge in [-0.15, -0.1) is 0 Å². The molecule has 7 heteroatoms. The maximum absolute atomic E-state index is 12.2. The Morgan fingerprint density at radius 2 is 2.24 bits per heavy atom. The first kappa shape index (κ1) is 15.8. The molecule has 1 aromatic heterocycles. The number of aromatic nitrogens is 2. The molecule has 0 saturated heterocycles. The molecule has 0 aliphatic rings. The molecule has 0 bridgehead atoms. The van der Waals surface area contributed by atoms with Crippen LogP contribution in [-0.2, 0) is 4.79 Å². The van der Waals surface area contributed by atoms with Crippen LogP contribution in [0.3, 0.4) is 0 Å². The van der Waals surface area contributed by atoms with Crippen LogP contribution >= 0.6 is 11.7 Å². The quantitative estimate of drug-likeness (QED) is 0.814. The van der Waals surface area contributed by atoms with Gasteiger partial charge in [0.05, 0.1) is 24.0 Å². The lowest BCUT2D eigenvalue weighted by Gasteiger charge is -2.25. The summed E-state index contributed by atoms with van der Waals surface area (Å²) in [6, 6.07) is 5.80. The van der Waals surface area contributed by atoms with E-state index in [9.17, 15) is 4.79 Å². The monoisotopic (exact) mass is 308 g/mol. The second kappa shape index (κ2) is 7.44. The van der Waals surface area contributed by atoms with Crippen molar-refractivity contribution >= 4 is 34.4 Å². The predicted octanol–water partition coefficient (Wildman–Crippen LogP) is 1.72. The van der Waals surface area contributed by atoms with Gasteiger partial charge in [0, 0.05) is 19.2 Å². The fraction of sp³-hybridized carbons (Fsp3) is 0.500. The van der Waals surface area contributed by atoms with Crippen LogP contribution in [0.15, 0.2) is 18.2 Å². The highest BCUT2D eigenvalue weighted by atomic mass is 32.1. The summed E-state index contributed by atoms with van der Waals surface area (Å²) in [5.74, 6) is -0.0814. The topological polar surface area (TPSA) is 78.4 Å². The highest BCUT2D eigenvalue weighted by Gasteiger charge is 2.15. The van der Waals surface area contributed by atoms with Crippen LogP contribution in [0.2, 0.25) is 0 Å². The lowest BCUT2D eigenvalue weighted by atomic mass is 10.2. The third kappa shape index (κ3) is 4.20. The van der Waals surface area contributed by atoms with Crippen molar-refractivity contribution < 1.29 is 9.90 Å². The normalized spacial score (nSPS) is 11.5. The van der Waals surface area contributed by atoms with E-state index in [-0.39, 0.29) is 18.6 Å². The number of hydrogen-bond acceptors (Lipinski definition) is 6. The molecule has 0 fully saturated rings. The Labute approximate surface area is 128 Å². The van der Waals surface area contributed by atoms with Crippen LogP contribution in [0.1, 0.15) is 20.3 Å². The Balaban J connectivity index is 2.02. The first-order valence-corrected chi connectivity index (χ1v) is 7.71. The van der Waals surface area contributed by atoms with Crippen LogP contribution in [0.25, 0.3) is 11.0 Å². The average molecular weight is 308 g/mol. The Hall–Kier alpha value is -1.57. The van der Waals surface area contributed by atoms with Gasteiger partial charge in [-0.1, -0.05) is 6.07 Å². The van der Waals surface area contributed by atoms with E-state index in [0.29, 0.717) is 25.2 Å². The molecular weight excluding hydrogens is 288 g/mol. The van der Waals surface area contributed by atoms with E-state index in [0.717, 1.165) is 22.8 Å². The average Bonchev–Trinajstić information content (AvgIpc) is 2.92. The lowest BCUT2D eigenvalue weighted by Crippen LogP contribution is -2.39. The molecule has 2 N–H and O–H groups in total. The number of aliphatic hydroxyl groups excluding tert-OH is 1. The summed E-state index contributed by atoms with van der Waals surface area (Å²) in [5.41, 5.74) is 2.21. The number of nitrogens with one attached hydrogen (secondary N) is 1. The van der Waals surface area contributed by atoms with Crippen molar-refractivity contribution in [3.05, 3.63) is 18.2 Å². The molecule has 0 aliphatic heterocycles. The van der Waals surface area contributed by atoms with Crippen molar-refractivity contribution in [3.8, 4) is 0 Å². The van der Waals surface area contributed by atoms with Crippen LogP contribution in [0.5, 0.6) is 0 Å². The lowest BCUT2D eigenvalue weighted by molar-refractivity contribution is -0.117. The number of fused-ring (bicyclic) bond motifs is 1. The van der Waals surface area contributed by atoms with Crippen molar-refractivity contribution in [2.24, 2.45) is 0 Å². The number of aliphatic hydroxyl groups is 1. The molecule has 0 saturated carbocycles. The van der Waals surface area contributed by atoms with Crippen molar-refractivity contribution in [3.63, 3.8) is 0 Å². The number of benzene rings is 1. The van der Waals surface area contributed by atoms with E-state index >= 15 is 0 Å². The van der Waals surface area contributed by atoms with Gasteiger partial charge >= 0.3 is 0 Å². The molecule has 0 aliphatic carbocycles. The molecule has 0 spiro atoms. The number of hydrogen-bond donors (Lipinski definition) is 2. The summed E-state index contributed by atoms with van der Waals surface area (Å²) in [6.45, 7) is 5.20. The first-order chi connectivity index (χ1) is 10.1. The minimum absolute atomic E-state index is 0.0814. The summed E-state index contributed by atoms with van der Waals surface area (Å²) < 4.78 is 8.36. The zero-order valence-corrected chi connectivity index (χ0v) is 13.1. The van der Waals surface area contributed by atoms with Crippen LogP contribution in [-0.4, -0.2) is 50.4 Å². The van der Waals surface area contributed by atoms with Gasteiger partial charge in [0.25, 0.3) is 0 Å². The Morgan fingerprint density at radius 1 is 1.43 bits per heavy atom. The fourth-order valence-electron chi connectivity index (χ4n) is 2.07. The van der Waals surface area contributed by atoms with Crippen LogP contribution < -0.4 is 5.32 Å². The van der Waals surface area contributed by atoms with Gasteiger partial charge < -0.3 is 10.4 Å². The van der Waals surface area contributed by atoms with Gasteiger partial charge in [-0.05, 0) is 32.4 Å². The van der Waals surface area contributed by atoms with Crippen molar-refractivity contribution in [1.29, 1.82) is 0 Å². The SMILES string of the molecule is CC(C)N(CCCO)CC(=O)Nc1cccc2nsnc12. The highest BCUT2D eigenvalue weighted by Crippen LogP contribution is 2.21. The first-order valence-electron chi connectivity index (χ1n) is 6.98. The predicted molar refractivity (Wildman–Crippen MR) is 84.5 cm³/mol. The number of nitrogens with zero attached hydrogens (tertiary/aromatic N) is 3. The Morgan fingerprint density at radius 3 is 2.95 bits per heavy atom. The largest absolute Gasteiger partial charge is 0.396 e. The van der Waals surface area contributed by atoms with Crippen molar-refractivity contribution in [2.45, 2.75) is 26.3 Å². The molecule has 0 unspecified atom stereocenters. The van der Waals surface area contributed by atoms with Gasteiger partial charge in [0.1, 0.15) is 11.0 Å². The van der Waals surface area contributed by atoms with E-state index < -0.39 is 0 Å². The summed E-state index contributed by atoms with van der Waals surface area (Å²) in [5, 5.41) is 11.8. The van der Waals surface area contributed by atoms with E-state index in [4.69, 9.17) is 5.11 Å². The maximum Gasteiger partial charge on any atom is 0.238 e. The third-order valence-corrected chi connectivity index (χ3v) is 3.78. The van der Waals surface area contributed by atoms with E-state index in [1.54, 1.807) is 0 Å². The smallest absolute Gasteiger partial charge is 0.238 e. The minimum atomic E-state index is -0.0814. The second-order valence-corrected chi connectivity index (χ2v) is 5.66. The van der Waals surface area contributed by atoms with E-state index in [1.807, 2.05) is 36.9 Å². The molecule has 2 rings (SSSR count). The Bertz CT molecular complexity index is 599. The molecular formula is C14H20N4O2S. The van der Waals surface area contributed by atoms with Gasteiger partial charge in [0.2, 0.25) is 5.91 Å². The van der Waals surface area contributed by atoms with Gasteiger partial charge in [0.15, 0.2) is 0 Å². The van der Waals surface area contributed by atoms with Gasteiger partial charge in [-0.2, -0.15) is 8.75 Å². The molecule has 1 aromatic carbocycles. The number of carbonyl (C=O) groups excluding carboxylic acids is 1. The molecule has 0 atom stereocenters. The maximum atomic E-state index is 12.2. The minimum Gasteiger partial charge on any atom is -0.396 e. The van der Waals surface area contributed by atoms with E-state index in [1.165, 1.54) is 0 Å². The molecule has 1 heterocycles. The molecule has 114 valence electrons. The summed E-state index contributed by atoms with van der Waals surface area (Å²) in [7, 11) is 0. The second-order valence-electron chi connectivity index (χ2n) is 5.13. The summed E-state index contributed by atoms with van der Waals surface area (Å²) >= 11 is 1.13. The van der Waals surface area contributed by atoms with Gasteiger partial charge in [-0.3, -0.25) is 9.69 Å². The number of amides is 1. The molecule has 0 radical (unpaired) electrons. The van der Waals surface area contributed by atoms with Crippen LogP contribution in [0, 0.1) is 0 Å². The zero-order chi connectivity index (χ0) is 15.2. The molecule has 2 aromatic rings. The highest BCUT2D eigenvalue weighted by molar-refractivity contribution is 7.00. The molecule has 6 nitrogen and oxygen atoms in total. The Kier molecular flexibility index (Phi) is 5.60. The summed E-state index contributed by atoms with van der Waals surface area (Å²) in [6.07, 6.45) is 0.664. The van der Waals surface area contributed by atoms with E-state index in [2.05, 4.69) is 14.1 Å². The third-order valence-electron chi connectivity index (χ3n) is 3.24. The number of anilines is 1. The molecule has 1 amide bonds. The fourth-order valence-corrected chi connectivity index (χ4v) is 2.62. The number of rotatable bonds is 7. The number of carbonyl (C=O) groups is 1. The molecule has 21 heavy (non-hydrogen) atoms. The summed E-state index contributed by atoms with van der Waals surface area (Å²) in [4.78, 5) is 14.2. The zero-order valence-electron chi connectivity index (χ0n) is 12.2. The van der Waals surface area contributed by atoms with Crippen molar-refractivity contribution in [1.82, 2.24) is 13.6 Å². The van der Waals surface area contributed by atoms with Crippen molar-refractivity contribution in [2.75, 3.05) is 25.0 Å². The standard InChI is InChI=1S/C14H20N4O2S/c1-10(2)18(7-4-8-19)9-13(20)15-11-5-3-6-12-14(11)17-21-16-12/h3,5-6,10,19H,4,7-9H2,1-2H3,(H,15,20). The van der Waals surface area contributed by atoms with Gasteiger partial charge in [-0.25, -0.2) is 0 Å². The van der Waals surface area contributed by atoms with Crippen LogP contribution in [0.4, 0.5) is 5.69 Å².